The molecule has 6 heteroatoms. The van der Waals surface area contributed by atoms with Gasteiger partial charge in [0, 0.05) is 17.6 Å². The fourth-order valence-corrected chi connectivity index (χ4v) is 4.68. The molecular weight excluding hydrogens is 344 g/mol. The Morgan fingerprint density at radius 3 is 2.77 bits per heavy atom. The van der Waals surface area contributed by atoms with Crippen LogP contribution in [0.15, 0.2) is 71.0 Å². The SMILES string of the molecule is O=c1n(CN2CCc3sccc3C2c2ccccc2)nc2ccccn12. The molecule has 0 amide bonds. The van der Waals surface area contributed by atoms with Crippen molar-refractivity contribution in [2.45, 2.75) is 19.1 Å². The van der Waals surface area contributed by atoms with Crippen LogP contribution in [0, 0.1) is 0 Å². The minimum Gasteiger partial charge on any atom is -0.273 e. The van der Waals surface area contributed by atoms with Crippen LogP contribution in [0.25, 0.3) is 5.65 Å². The summed E-state index contributed by atoms with van der Waals surface area (Å²) in [5.41, 5.74) is 3.19. The van der Waals surface area contributed by atoms with Gasteiger partial charge in [0.25, 0.3) is 0 Å². The first-order valence-corrected chi connectivity index (χ1v) is 9.59. The molecule has 0 radical (unpaired) electrons. The summed E-state index contributed by atoms with van der Waals surface area (Å²) in [6.45, 7) is 1.39. The molecule has 1 atom stereocenters. The Morgan fingerprint density at radius 2 is 1.92 bits per heavy atom. The summed E-state index contributed by atoms with van der Waals surface area (Å²) in [6, 6.07) is 18.5. The zero-order chi connectivity index (χ0) is 17.5. The van der Waals surface area contributed by atoms with Crippen molar-refractivity contribution in [1.29, 1.82) is 0 Å². The molecule has 1 aliphatic heterocycles. The molecule has 0 saturated heterocycles. The van der Waals surface area contributed by atoms with Crippen molar-refractivity contribution in [1.82, 2.24) is 19.1 Å². The van der Waals surface area contributed by atoms with E-state index in [0.717, 1.165) is 13.0 Å². The van der Waals surface area contributed by atoms with E-state index in [0.29, 0.717) is 12.3 Å². The lowest BCUT2D eigenvalue weighted by Gasteiger charge is -2.35. The van der Waals surface area contributed by atoms with E-state index in [1.807, 2.05) is 35.6 Å². The number of aromatic nitrogens is 3. The fourth-order valence-electron chi connectivity index (χ4n) is 3.78. The van der Waals surface area contributed by atoms with E-state index in [4.69, 9.17) is 0 Å². The number of rotatable bonds is 3. The molecule has 3 aromatic heterocycles. The molecule has 0 aliphatic carbocycles. The van der Waals surface area contributed by atoms with Crippen LogP contribution in [0.3, 0.4) is 0 Å². The number of hydrogen-bond donors (Lipinski definition) is 0. The first-order chi connectivity index (χ1) is 12.8. The van der Waals surface area contributed by atoms with Gasteiger partial charge in [0.05, 0.1) is 12.7 Å². The summed E-state index contributed by atoms with van der Waals surface area (Å²) >= 11 is 1.82. The molecular formula is C20H18N4OS. The Bertz CT molecular complexity index is 1110. The number of nitrogens with zero attached hydrogens (tertiary/aromatic N) is 4. The number of fused-ring (bicyclic) bond motifs is 2. The molecule has 4 aromatic rings. The van der Waals surface area contributed by atoms with E-state index in [1.54, 1.807) is 15.3 Å². The van der Waals surface area contributed by atoms with Gasteiger partial charge in [-0.1, -0.05) is 36.4 Å². The maximum absolute atomic E-state index is 12.7. The highest BCUT2D eigenvalue weighted by molar-refractivity contribution is 7.10. The summed E-state index contributed by atoms with van der Waals surface area (Å²) < 4.78 is 3.17. The van der Waals surface area contributed by atoms with Gasteiger partial charge in [0.2, 0.25) is 0 Å². The minimum atomic E-state index is -0.0940. The van der Waals surface area contributed by atoms with Crippen molar-refractivity contribution in [2.24, 2.45) is 0 Å². The normalized spacial score (nSPS) is 17.5. The zero-order valence-electron chi connectivity index (χ0n) is 14.2. The van der Waals surface area contributed by atoms with Gasteiger partial charge in [-0.3, -0.25) is 9.30 Å². The number of hydrogen-bond acceptors (Lipinski definition) is 4. The summed E-state index contributed by atoms with van der Waals surface area (Å²) in [6.07, 6.45) is 2.78. The average molecular weight is 362 g/mol. The van der Waals surface area contributed by atoms with Crippen molar-refractivity contribution >= 4 is 17.0 Å². The van der Waals surface area contributed by atoms with Crippen LogP contribution >= 0.6 is 11.3 Å². The van der Waals surface area contributed by atoms with Gasteiger partial charge in [-0.25, -0.2) is 4.79 Å². The number of thiophene rings is 1. The second kappa shape index (κ2) is 6.23. The molecule has 0 fully saturated rings. The lowest BCUT2D eigenvalue weighted by Crippen LogP contribution is -2.39. The Balaban J connectivity index is 1.56. The van der Waals surface area contributed by atoms with E-state index in [1.165, 1.54) is 16.0 Å². The predicted molar refractivity (Wildman–Crippen MR) is 102 cm³/mol. The Labute approximate surface area is 154 Å². The van der Waals surface area contributed by atoms with Crippen LogP contribution in [-0.4, -0.2) is 25.6 Å². The number of pyridine rings is 1. The molecule has 1 aromatic carbocycles. The Kier molecular flexibility index (Phi) is 3.72. The first kappa shape index (κ1) is 15.5. The summed E-state index contributed by atoms with van der Waals surface area (Å²) in [5, 5.41) is 6.67. The van der Waals surface area contributed by atoms with Crippen molar-refractivity contribution in [2.75, 3.05) is 6.54 Å². The van der Waals surface area contributed by atoms with Gasteiger partial charge in [-0.2, -0.15) is 4.68 Å². The summed E-state index contributed by atoms with van der Waals surface area (Å²) in [7, 11) is 0. The van der Waals surface area contributed by atoms with E-state index in [2.05, 4.69) is 45.7 Å². The van der Waals surface area contributed by atoms with Gasteiger partial charge >= 0.3 is 5.69 Å². The third kappa shape index (κ3) is 2.50. The van der Waals surface area contributed by atoms with Crippen LogP contribution < -0.4 is 5.69 Å². The zero-order valence-corrected chi connectivity index (χ0v) is 15.0. The van der Waals surface area contributed by atoms with Crippen LogP contribution in [0.5, 0.6) is 0 Å². The standard InChI is InChI=1S/C20H18N4OS/c25-20-23-11-5-4-8-18(23)21-24(20)14-22-12-9-17-16(10-13-26-17)19(22)15-6-2-1-3-7-15/h1-8,10-11,13,19H,9,12,14H2. The molecule has 5 rings (SSSR count). The van der Waals surface area contributed by atoms with E-state index >= 15 is 0 Å². The van der Waals surface area contributed by atoms with Crippen molar-refractivity contribution in [3.63, 3.8) is 0 Å². The highest BCUT2D eigenvalue weighted by Gasteiger charge is 2.30. The van der Waals surface area contributed by atoms with E-state index in [9.17, 15) is 4.79 Å². The van der Waals surface area contributed by atoms with Crippen molar-refractivity contribution in [3.05, 3.63) is 92.7 Å². The monoisotopic (exact) mass is 362 g/mol. The van der Waals surface area contributed by atoms with Crippen LogP contribution in [0.1, 0.15) is 22.0 Å². The van der Waals surface area contributed by atoms with Gasteiger partial charge in [0.15, 0.2) is 5.65 Å². The van der Waals surface area contributed by atoms with E-state index in [-0.39, 0.29) is 11.7 Å². The molecule has 5 nitrogen and oxygen atoms in total. The largest absolute Gasteiger partial charge is 0.351 e. The van der Waals surface area contributed by atoms with Gasteiger partial charge in [0.1, 0.15) is 0 Å². The van der Waals surface area contributed by atoms with Crippen LogP contribution in [0.4, 0.5) is 0 Å². The molecule has 26 heavy (non-hydrogen) atoms. The lowest BCUT2D eigenvalue weighted by atomic mass is 9.94. The summed E-state index contributed by atoms with van der Waals surface area (Å²) in [4.78, 5) is 16.5. The van der Waals surface area contributed by atoms with Crippen LogP contribution in [0.2, 0.25) is 0 Å². The van der Waals surface area contributed by atoms with Gasteiger partial charge in [-0.15, -0.1) is 16.4 Å². The van der Waals surface area contributed by atoms with E-state index < -0.39 is 0 Å². The first-order valence-electron chi connectivity index (χ1n) is 8.71. The quantitative estimate of drug-likeness (QED) is 0.562. The third-order valence-corrected chi connectivity index (χ3v) is 5.98. The highest BCUT2D eigenvalue weighted by atomic mass is 32.1. The molecule has 1 aliphatic rings. The smallest absolute Gasteiger partial charge is 0.273 e. The third-order valence-electron chi connectivity index (χ3n) is 4.99. The second-order valence-electron chi connectivity index (χ2n) is 6.53. The Morgan fingerprint density at radius 1 is 1.08 bits per heavy atom. The predicted octanol–water partition coefficient (Wildman–Crippen LogP) is 3.16. The maximum Gasteiger partial charge on any atom is 0.351 e. The van der Waals surface area contributed by atoms with Gasteiger partial charge in [-0.05, 0) is 41.1 Å². The molecule has 4 heterocycles. The molecule has 0 N–H and O–H groups in total. The van der Waals surface area contributed by atoms with Gasteiger partial charge < -0.3 is 0 Å². The highest BCUT2D eigenvalue weighted by Crippen LogP contribution is 2.37. The second-order valence-corrected chi connectivity index (χ2v) is 7.53. The van der Waals surface area contributed by atoms with Crippen molar-refractivity contribution < 1.29 is 0 Å². The lowest BCUT2D eigenvalue weighted by molar-refractivity contribution is 0.155. The minimum absolute atomic E-state index is 0.0940. The Hall–Kier alpha value is -2.70. The molecule has 1 unspecified atom stereocenters. The fraction of sp³-hybridized carbons (Fsp3) is 0.200. The number of benzene rings is 1. The molecule has 0 saturated carbocycles. The molecule has 0 spiro atoms. The topological polar surface area (TPSA) is 42.5 Å². The van der Waals surface area contributed by atoms with Crippen molar-refractivity contribution in [3.8, 4) is 0 Å². The maximum atomic E-state index is 12.7. The molecule has 130 valence electrons. The molecule has 0 bridgehead atoms. The average Bonchev–Trinajstić information content (AvgIpc) is 3.28. The van der Waals surface area contributed by atoms with Crippen LogP contribution in [-0.2, 0) is 13.1 Å². The summed E-state index contributed by atoms with van der Waals surface area (Å²) in [5.74, 6) is 0.